The van der Waals surface area contributed by atoms with Gasteiger partial charge in [0.15, 0.2) is 4.77 Å². The first-order valence-corrected chi connectivity index (χ1v) is 3.79. The van der Waals surface area contributed by atoms with E-state index in [1.165, 1.54) is 0 Å². The smallest absolute Gasteiger partial charge is 0.244 e. The summed E-state index contributed by atoms with van der Waals surface area (Å²) in [5, 5.41) is 5.52. The van der Waals surface area contributed by atoms with Gasteiger partial charge in [0.2, 0.25) is 5.91 Å². The number of rotatable bonds is 0. The minimum absolute atomic E-state index is 0.0839. The van der Waals surface area contributed by atoms with Gasteiger partial charge in [-0.1, -0.05) is 0 Å². The third kappa shape index (κ3) is 1.16. The zero-order chi connectivity index (χ0) is 8.55. The van der Waals surface area contributed by atoms with Crippen LogP contribution in [0.3, 0.4) is 0 Å². The van der Waals surface area contributed by atoms with Gasteiger partial charge >= 0.3 is 0 Å². The number of fused-ring (bicyclic) bond motifs is 1. The molecule has 0 saturated carbocycles. The molecule has 62 valence electrons. The molecule has 12 heavy (non-hydrogen) atoms. The quantitative estimate of drug-likeness (QED) is 0.511. The molecule has 0 fully saturated rings. The Kier molecular flexibility index (Phi) is 1.54. The van der Waals surface area contributed by atoms with Crippen molar-refractivity contribution in [2.75, 3.05) is 17.2 Å². The van der Waals surface area contributed by atoms with Crippen molar-refractivity contribution < 1.29 is 4.79 Å². The summed E-state index contributed by atoms with van der Waals surface area (Å²) in [5.74, 6) is 0.505. The second-order valence-electron chi connectivity index (χ2n) is 2.38. The minimum atomic E-state index is -0.0839. The van der Waals surface area contributed by atoms with Gasteiger partial charge in [-0.2, -0.15) is 0 Å². The summed E-state index contributed by atoms with van der Waals surface area (Å²) >= 11 is 4.79. The maximum atomic E-state index is 10.9. The Hall–Kier alpha value is -1.43. The van der Waals surface area contributed by atoms with E-state index < -0.39 is 0 Å². The van der Waals surface area contributed by atoms with Crippen molar-refractivity contribution in [2.24, 2.45) is 0 Å². The minimum Gasteiger partial charge on any atom is -0.372 e. The van der Waals surface area contributed by atoms with Crippen molar-refractivity contribution >= 4 is 29.6 Å². The van der Waals surface area contributed by atoms with Gasteiger partial charge < -0.3 is 15.6 Å². The van der Waals surface area contributed by atoms with Gasteiger partial charge in [-0.3, -0.25) is 4.79 Å². The van der Waals surface area contributed by atoms with Crippen molar-refractivity contribution in [1.29, 1.82) is 0 Å². The molecule has 0 saturated heterocycles. The van der Waals surface area contributed by atoms with Gasteiger partial charge in [-0.15, -0.1) is 0 Å². The molecule has 0 unspecified atom stereocenters. The van der Waals surface area contributed by atoms with E-state index in [1.807, 2.05) is 0 Å². The second kappa shape index (κ2) is 2.56. The van der Waals surface area contributed by atoms with E-state index in [0.717, 1.165) is 5.69 Å². The zero-order valence-corrected chi connectivity index (χ0v) is 6.86. The highest BCUT2D eigenvalue weighted by Gasteiger charge is 2.13. The average Bonchev–Trinajstić information content (AvgIpc) is 2.03. The number of carbonyl (C=O) groups is 1. The molecule has 1 aliphatic heterocycles. The number of aromatic nitrogens is 2. The molecule has 2 heterocycles. The fourth-order valence-electron chi connectivity index (χ4n) is 0.986. The van der Waals surface area contributed by atoms with Crippen LogP contribution in [0.15, 0.2) is 6.20 Å². The molecule has 0 radical (unpaired) electrons. The van der Waals surface area contributed by atoms with Crippen LogP contribution in [0, 0.1) is 4.77 Å². The van der Waals surface area contributed by atoms with Crippen molar-refractivity contribution in [2.45, 2.75) is 0 Å². The lowest BCUT2D eigenvalue weighted by Crippen LogP contribution is -2.28. The number of hydrogen-bond acceptors (Lipinski definition) is 4. The molecule has 0 bridgehead atoms. The van der Waals surface area contributed by atoms with E-state index in [1.54, 1.807) is 6.20 Å². The summed E-state index contributed by atoms with van der Waals surface area (Å²) in [6, 6.07) is 0. The van der Waals surface area contributed by atoms with Crippen LogP contribution < -0.4 is 10.6 Å². The van der Waals surface area contributed by atoms with Crippen molar-refractivity contribution in [1.82, 2.24) is 9.97 Å². The summed E-state index contributed by atoms with van der Waals surface area (Å²) in [6.45, 7) is 0.277. The standard InChI is InChI=1S/C6H6N4OS/c11-4-2-7-3-1-8-6(12)10-5(3)9-4/h1,7H,2H2,(H2,8,9,10,11,12). The highest BCUT2D eigenvalue weighted by molar-refractivity contribution is 7.71. The number of nitrogens with one attached hydrogen (secondary N) is 3. The lowest BCUT2D eigenvalue weighted by Gasteiger charge is -2.16. The Morgan fingerprint density at radius 1 is 1.58 bits per heavy atom. The van der Waals surface area contributed by atoms with E-state index in [-0.39, 0.29) is 12.5 Å². The van der Waals surface area contributed by atoms with E-state index in [0.29, 0.717) is 10.6 Å². The van der Waals surface area contributed by atoms with Crippen LogP contribution in [-0.4, -0.2) is 22.4 Å². The van der Waals surface area contributed by atoms with Gasteiger partial charge in [0.1, 0.15) is 5.82 Å². The van der Waals surface area contributed by atoms with E-state index in [2.05, 4.69) is 20.6 Å². The molecule has 5 nitrogen and oxygen atoms in total. The maximum Gasteiger partial charge on any atom is 0.244 e. The first-order valence-electron chi connectivity index (χ1n) is 3.39. The normalized spacial score (nSPS) is 14.5. The molecular formula is C6H6N4OS. The van der Waals surface area contributed by atoms with Crippen molar-refractivity contribution in [3.63, 3.8) is 0 Å². The number of H-pyrrole nitrogens is 1. The average molecular weight is 182 g/mol. The SMILES string of the molecule is O=C1CNc2cnc(=S)[nH]c2N1. The summed E-state index contributed by atoms with van der Waals surface area (Å²) < 4.78 is 0.359. The molecule has 3 N–H and O–H groups in total. The Bertz CT molecular complexity index is 385. The Morgan fingerprint density at radius 2 is 2.42 bits per heavy atom. The summed E-state index contributed by atoms with van der Waals surface area (Å²) in [6.07, 6.45) is 1.59. The van der Waals surface area contributed by atoms with Gasteiger partial charge in [0.05, 0.1) is 18.4 Å². The summed E-state index contributed by atoms with van der Waals surface area (Å²) in [7, 11) is 0. The Labute approximate surface area is 73.2 Å². The molecular weight excluding hydrogens is 176 g/mol. The first kappa shape index (κ1) is 7.23. The molecule has 0 spiro atoms. The molecule has 0 aromatic carbocycles. The zero-order valence-electron chi connectivity index (χ0n) is 6.05. The lowest BCUT2D eigenvalue weighted by molar-refractivity contribution is -0.114. The molecule has 1 aromatic rings. The predicted octanol–water partition coefficient (Wildman–Crippen LogP) is 0.503. The van der Waals surface area contributed by atoms with Gasteiger partial charge in [-0.25, -0.2) is 4.98 Å². The van der Waals surface area contributed by atoms with E-state index >= 15 is 0 Å². The highest BCUT2D eigenvalue weighted by atomic mass is 32.1. The van der Waals surface area contributed by atoms with Crippen LogP contribution in [0.4, 0.5) is 11.5 Å². The largest absolute Gasteiger partial charge is 0.372 e. The molecule has 0 aliphatic carbocycles. The molecule has 1 amide bonds. The van der Waals surface area contributed by atoms with Crippen LogP contribution in [-0.2, 0) is 4.79 Å². The Balaban J connectivity index is 2.50. The van der Waals surface area contributed by atoms with E-state index in [4.69, 9.17) is 12.2 Å². The third-order valence-corrected chi connectivity index (χ3v) is 1.72. The number of hydrogen-bond donors (Lipinski definition) is 3. The molecule has 1 aliphatic rings. The van der Waals surface area contributed by atoms with Gasteiger partial charge in [0, 0.05) is 0 Å². The van der Waals surface area contributed by atoms with Crippen molar-refractivity contribution in [3.05, 3.63) is 11.0 Å². The van der Waals surface area contributed by atoms with Crippen molar-refractivity contribution in [3.8, 4) is 0 Å². The second-order valence-corrected chi connectivity index (χ2v) is 2.77. The van der Waals surface area contributed by atoms with Crippen LogP contribution in [0.1, 0.15) is 0 Å². The molecule has 1 aromatic heterocycles. The number of aromatic amines is 1. The van der Waals surface area contributed by atoms with E-state index in [9.17, 15) is 4.79 Å². The number of nitrogens with zero attached hydrogens (tertiary/aromatic N) is 1. The Morgan fingerprint density at radius 3 is 3.25 bits per heavy atom. The number of carbonyl (C=O) groups excluding carboxylic acids is 1. The van der Waals surface area contributed by atoms with Gasteiger partial charge in [0.25, 0.3) is 0 Å². The fraction of sp³-hybridized carbons (Fsp3) is 0.167. The molecule has 2 rings (SSSR count). The van der Waals surface area contributed by atoms with Crippen LogP contribution in [0.5, 0.6) is 0 Å². The van der Waals surface area contributed by atoms with Crippen LogP contribution in [0.25, 0.3) is 0 Å². The first-order chi connectivity index (χ1) is 5.75. The maximum absolute atomic E-state index is 10.9. The van der Waals surface area contributed by atoms with Crippen LogP contribution >= 0.6 is 12.2 Å². The third-order valence-electron chi connectivity index (χ3n) is 1.52. The number of anilines is 2. The summed E-state index contributed by atoms with van der Waals surface area (Å²) in [4.78, 5) is 17.5. The highest BCUT2D eigenvalue weighted by Crippen LogP contribution is 2.19. The predicted molar refractivity (Wildman–Crippen MR) is 46.5 cm³/mol. The summed E-state index contributed by atoms with van der Waals surface area (Å²) in [5.41, 5.74) is 0.767. The lowest BCUT2D eigenvalue weighted by atomic mass is 10.3. The van der Waals surface area contributed by atoms with Gasteiger partial charge in [-0.05, 0) is 12.2 Å². The fourth-order valence-corrected chi connectivity index (χ4v) is 1.14. The van der Waals surface area contributed by atoms with Crippen LogP contribution in [0.2, 0.25) is 0 Å². The monoisotopic (exact) mass is 182 g/mol. The topological polar surface area (TPSA) is 69.8 Å². The molecule has 6 heteroatoms. The number of amides is 1. The molecule has 0 atom stereocenters.